The van der Waals surface area contributed by atoms with Gasteiger partial charge in [0, 0.05) is 82.5 Å². The van der Waals surface area contributed by atoms with Crippen molar-refractivity contribution in [2.45, 2.75) is 261 Å². The first-order valence-corrected chi connectivity index (χ1v) is 38.0. The molecule has 0 aromatic heterocycles. The van der Waals surface area contributed by atoms with Gasteiger partial charge < -0.3 is 64.8 Å². The van der Waals surface area contributed by atoms with Crippen LogP contribution in [0.2, 0.25) is 0 Å². The molecule has 592 valence electrons. The Morgan fingerprint density at radius 2 is 1.24 bits per heavy atom. The Morgan fingerprint density at radius 1 is 0.638 bits per heavy atom. The lowest BCUT2D eigenvalue weighted by atomic mass is 9.74. The van der Waals surface area contributed by atoms with E-state index in [1.54, 1.807) is 26.0 Å². The summed E-state index contributed by atoms with van der Waals surface area (Å²) in [5, 5.41) is 8.52. The normalized spacial score (nSPS) is 32.2. The molecule has 0 aromatic rings. The first-order chi connectivity index (χ1) is 49.4. The van der Waals surface area contributed by atoms with E-state index in [2.05, 4.69) is 16.0 Å². The molecule has 4 saturated carbocycles. The number of carbonyl (C=O) groups excluding carboxylic acids is 12. The first-order valence-electron chi connectivity index (χ1n) is 38.0. The van der Waals surface area contributed by atoms with Crippen molar-refractivity contribution in [2.75, 3.05) is 89.2 Å². The van der Waals surface area contributed by atoms with Crippen molar-refractivity contribution in [1.82, 2.24) is 60.0 Å². The standard InChI is InChI=1S/C74H116F6N12O13/c1-14-43(5)62-70(102)86(9)42-60(95)87(10)53-22-19-18-20-33-91(69(53)101)57(37-45-25-28-48(75)29-26-45)68(100)85(8)41-58(93)81-52(30-27-46-34-50(76)61(51(77)35-46)74(78,79)80)66(98)92-40-49(105-17-4)38-55(92)65(97)83-73(31-21-32-73)72(104)90(13)63(47(15-2)16-3)71(103)89(12)56(67(99)84(6)7)39-59(94)88(11)54(64(96)82-62)36-44-23-24-44/h18-19,43-57,61-63H,14-17,20-42H2,1-13H3,(H,81,93)(H,82,96)(H,83,97)/b19-18-/t43-,45?,46?,48?,49+,50?,51?,52-,53-,54-,55-,56-,57-,61?,62-,63-/m0/s1. The number of nitrogens with zero attached hydrogens (tertiary/aromatic N) is 9. The van der Waals surface area contributed by atoms with Gasteiger partial charge in [-0.2, -0.15) is 13.2 Å². The van der Waals surface area contributed by atoms with E-state index >= 15 is 37.5 Å². The van der Waals surface area contributed by atoms with Gasteiger partial charge in [0.15, 0.2) is 0 Å². The maximum atomic E-state index is 15.5. The monoisotopic (exact) mass is 1490 g/mol. The fourth-order valence-electron chi connectivity index (χ4n) is 16.3. The van der Waals surface area contributed by atoms with Crippen LogP contribution in [0.1, 0.15) is 176 Å². The minimum atomic E-state index is -5.19. The molecule has 3 N–H and O–H groups in total. The minimum Gasteiger partial charge on any atom is -0.377 e. The van der Waals surface area contributed by atoms with Crippen LogP contribution in [-0.4, -0.2) is 289 Å². The van der Waals surface area contributed by atoms with E-state index in [4.69, 9.17) is 4.74 Å². The summed E-state index contributed by atoms with van der Waals surface area (Å²) in [4.78, 5) is 191. The average molecular weight is 1500 g/mol. The smallest absolute Gasteiger partial charge is 0.377 e. The lowest BCUT2D eigenvalue weighted by Gasteiger charge is -2.47. The van der Waals surface area contributed by atoms with Gasteiger partial charge in [-0.25, -0.2) is 13.2 Å². The summed E-state index contributed by atoms with van der Waals surface area (Å²) in [6.45, 7) is 7.31. The number of hydrogen-bond acceptors (Lipinski definition) is 13. The van der Waals surface area contributed by atoms with Crippen molar-refractivity contribution in [3.05, 3.63) is 12.2 Å². The summed E-state index contributed by atoms with van der Waals surface area (Å²) in [5.74, 6) is -14.2. The maximum Gasteiger partial charge on any atom is 0.397 e. The number of hydrogen-bond donors (Lipinski definition) is 3. The van der Waals surface area contributed by atoms with Gasteiger partial charge in [-0.1, -0.05) is 72.0 Å². The molecule has 6 fully saturated rings. The highest BCUT2D eigenvalue weighted by Gasteiger charge is 2.56. The second kappa shape index (κ2) is 37.2. The van der Waals surface area contributed by atoms with Crippen molar-refractivity contribution in [3.63, 3.8) is 0 Å². The summed E-state index contributed by atoms with van der Waals surface area (Å²) in [6, 6.07) is -10.9. The molecule has 7 aliphatic rings. The largest absolute Gasteiger partial charge is 0.397 e. The third-order valence-corrected chi connectivity index (χ3v) is 23.6. The molecule has 105 heavy (non-hydrogen) atoms. The number of carbonyl (C=O) groups is 12. The van der Waals surface area contributed by atoms with Gasteiger partial charge in [0.25, 0.3) is 0 Å². The average Bonchev–Trinajstić information content (AvgIpc) is 1.76. The topological polar surface area (TPSA) is 279 Å². The molecule has 25 nitrogen and oxygen atoms in total. The molecule has 12 atom stereocenters. The van der Waals surface area contributed by atoms with E-state index < -0.39 is 218 Å². The molecule has 12 amide bonds. The van der Waals surface area contributed by atoms with Gasteiger partial charge in [-0.15, -0.1) is 0 Å². The predicted molar refractivity (Wildman–Crippen MR) is 376 cm³/mol. The number of ether oxygens (including phenoxy) is 1. The van der Waals surface area contributed by atoms with E-state index in [0.717, 1.165) is 32.4 Å². The van der Waals surface area contributed by atoms with E-state index in [9.17, 15) is 46.3 Å². The highest BCUT2D eigenvalue weighted by Crippen LogP contribution is 2.45. The van der Waals surface area contributed by atoms with Crippen LogP contribution in [0.5, 0.6) is 0 Å². The Bertz CT molecular complexity index is 3120. The van der Waals surface area contributed by atoms with Gasteiger partial charge >= 0.3 is 6.18 Å². The zero-order valence-electron chi connectivity index (χ0n) is 63.7. The van der Waals surface area contributed by atoms with Crippen LogP contribution in [0, 0.1) is 35.5 Å². The summed E-state index contributed by atoms with van der Waals surface area (Å²) < 4.78 is 93.5. The Labute approximate surface area is 614 Å². The fraction of sp³-hybridized carbons (Fsp3) is 0.811. The van der Waals surface area contributed by atoms with Gasteiger partial charge in [0.05, 0.1) is 25.6 Å². The second-order valence-electron chi connectivity index (χ2n) is 31.1. The van der Waals surface area contributed by atoms with Crippen LogP contribution in [0.3, 0.4) is 0 Å². The molecule has 7 rings (SSSR count). The van der Waals surface area contributed by atoms with Crippen LogP contribution in [0.15, 0.2) is 12.2 Å². The number of amides is 12. The first kappa shape index (κ1) is 85.2. The van der Waals surface area contributed by atoms with Gasteiger partial charge in [0.1, 0.15) is 78.3 Å². The highest BCUT2D eigenvalue weighted by molar-refractivity contribution is 6.01. The molecule has 2 saturated heterocycles. The highest BCUT2D eigenvalue weighted by atomic mass is 19.4. The lowest BCUT2D eigenvalue weighted by Crippen LogP contribution is -2.68. The SMILES string of the molecule is CCO[C@@H]1C[C@H]2C(=O)NC3(CCC3)C(=O)N(C)[C@@H](C(CC)CC)C(=O)N(C)[C@H](C(=O)N(C)C)CC(=O)N(C)[C@@H](CC3CC3)C(=O)N[C@@H]([C@@H](C)CC)C(=O)N(C)CC(=O)N(C)[C@H]3C/C=C\CCN(C3=O)[C@@H](CC3CCC(F)CC3)C(=O)N(C)CC(=O)N[C@@H](CCC3CC(F)C(C(F)(F)F)C(F)C3)C(=O)N2C1. The number of alkyl halides is 6. The molecular formula is C74H116F6N12O13. The van der Waals surface area contributed by atoms with Crippen molar-refractivity contribution in [1.29, 1.82) is 0 Å². The van der Waals surface area contributed by atoms with Gasteiger partial charge in [-0.05, 0) is 133 Å². The molecule has 2 bridgehead atoms. The Balaban J connectivity index is 1.32. The van der Waals surface area contributed by atoms with Crippen molar-refractivity contribution < 1.29 is 88.6 Å². The molecule has 1 spiro atoms. The third kappa shape index (κ3) is 20.8. The summed E-state index contributed by atoms with van der Waals surface area (Å²) in [5.41, 5.74) is -1.68. The molecule has 0 radical (unpaired) electrons. The molecule has 3 heterocycles. The Morgan fingerprint density at radius 3 is 1.79 bits per heavy atom. The van der Waals surface area contributed by atoms with Crippen molar-refractivity contribution in [2.24, 2.45) is 35.5 Å². The molecule has 3 aliphatic heterocycles. The molecule has 2 unspecified atom stereocenters. The van der Waals surface area contributed by atoms with E-state index in [0.29, 0.717) is 38.5 Å². The molecule has 4 aliphatic carbocycles. The predicted octanol–water partition coefficient (Wildman–Crippen LogP) is 5.51. The van der Waals surface area contributed by atoms with E-state index in [-0.39, 0.29) is 95.7 Å². The van der Waals surface area contributed by atoms with Crippen LogP contribution in [-0.2, 0) is 62.3 Å². The summed E-state index contributed by atoms with van der Waals surface area (Å²) in [6.07, 6.45) is -7.16. The molecule has 0 aromatic carbocycles. The number of likely N-dealkylation sites (N-methyl/N-ethyl adjacent to an activating group) is 7. The number of nitrogens with one attached hydrogen (secondary N) is 3. The van der Waals surface area contributed by atoms with Crippen LogP contribution >= 0.6 is 0 Å². The van der Waals surface area contributed by atoms with Gasteiger partial charge in [-0.3, -0.25) is 57.5 Å². The lowest BCUT2D eigenvalue weighted by molar-refractivity contribution is -0.219. The maximum absolute atomic E-state index is 15.5. The van der Waals surface area contributed by atoms with Crippen molar-refractivity contribution in [3.8, 4) is 0 Å². The number of halogens is 6. The van der Waals surface area contributed by atoms with Crippen molar-refractivity contribution >= 4 is 70.9 Å². The van der Waals surface area contributed by atoms with E-state index in [1.165, 1.54) is 80.9 Å². The van der Waals surface area contributed by atoms with Gasteiger partial charge in [0.2, 0.25) is 70.9 Å². The zero-order valence-corrected chi connectivity index (χ0v) is 63.7. The van der Waals surface area contributed by atoms with E-state index in [1.807, 2.05) is 20.8 Å². The molecular weight excluding hydrogens is 1380 g/mol. The number of fused-ring (bicyclic) bond motifs is 3. The Hall–Kier alpha value is -7.08. The summed E-state index contributed by atoms with van der Waals surface area (Å²) >= 11 is 0. The molecule has 31 heteroatoms. The van der Waals surface area contributed by atoms with Crippen LogP contribution in [0.25, 0.3) is 0 Å². The number of rotatable bonds is 15. The third-order valence-electron chi connectivity index (χ3n) is 23.6. The fourth-order valence-corrected chi connectivity index (χ4v) is 16.3. The Kier molecular flexibility index (Phi) is 30.1. The van der Waals surface area contributed by atoms with Crippen LogP contribution < -0.4 is 16.0 Å². The second-order valence-corrected chi connectivity index (χ2v) is 31.1. The zero-order chi connectivity index (χ0) is 77.9. The quantitative estimate of drug-likeness (QED) is 0.135. The summed E-state index contributed by atoms with van der Waals surface area (Å²) in [7, 11) is 11.1. The minimum absolute atomic E-state index is 0.0128. The van der Waals surface area contributed by atoms with Crippen LogP contribution in [0.4, 0.5) is 26.3 Å².